The van der Waals surface area contributed by atoms with Gasteiger partial charge in [-0.3, -0.25) is 4.79 Å². The van der Waals surface area contributed by atoms with Gasteiger partial charge in [-0.25, -0.2) is 0 Å². The summed E-state index contributed by atoms with van der Waals surface area (Å²) in [6.07, 6.45) is 0.732. The highest BCUT2D eigenvalue weighted by Gasteiger charge is 2.34. The number of halogens is 1. The molecule has 1 aromatic rings. The highest BCUT2D eigenvalue weighted by Crippen LogP contribution is 2.40. The number of fused-ring (bicyclic) bond motifs is 1. The van der Waals surface area contributed by atoms with E-state index in [0.717, 1.165) is 17.7 Å². The summed E-state index contributed by atoms with van der Waals surface area (Å²) in [7, 11) is 0. The summed E-state index contributed by atoms with van der Waals surface area (Å²) in [6.45, 7) is 10.4. The van der Waals surface area contributed by atoms with E-state index in [1.165, 1.54) is 0 Å². The molecule has 1 atom stereocenters. The minimum absolute atomic E-state index is 0. The molecule has 0 saturated heterocycles. The maximum absolute atomic E-state index is 12.3. The van der Waals surface area contributed by atoms with E-state index in [-0.39, 0.29) is 34.7 Å². The molecule has 0 spiro atoms. The van der Waals surface area contributed by atoms with Gasteiger partial charge in [0.2, 0.25) is 5.91 Å². The predicted molar refractivity (Wildman–Crippen MR) is 101 cm³/mol. The number of benzene rings is 1. The molecule has 1 aliphatic heterocycles. The number of hydrogen-bond acceptors (Lipinski definition) is 4. The van der Waals surface area contributed by atoms with E-state index in [4.69, 9.17) is 10.5 Å². The van der Waals surface area contributed by atoms with Crippen LogP contribution in [0.15, 0.2) is 18.2 Å². The fourth-order valence-corrected chi connectivity index (χ4v) is 3.17. The fraction of sp³-hybridized carbons (Fsp3) is 0.588. The molecule has 1 heterocycles. The fourth-order valence-electron chi connectivity index (χ4n) is 2.52. The van der Waals surface area contributed by atoms with E-state index in [0.29, 0.717) is 11.4 Å². The Morgan fingerprint density at radius 2 is 2.09 bits per heavy atom. The first kappa shape index (κ1) is 20.0. The molecule has 0 aromatic heterocycles. The zero-order valence-corrected chi connectivity index (χ0v) is 16.1. The molecule has 0 bridgehead atoms. The van der Waals surface area contributed by atoms with E-state index < -0.39 is 0 Å². The molecule has 4 nitrogen and oxygen atoms in total. The third-order valence-corrected chi connectivity index (χ3v) is 4.74. The number of thioether (sulfide) groups is 1. The Bertz CT molecular complexity index is 570. The van der Waals surface area contributed by atoms with Crippen LogP contribution in [0.1, 0.15) is 52.6 Å². The van der Waals surface area contributed by atoms with Crippen molar-refractivity contribution in [2.24, 2.45) is 0 Å². The molecule has 3 N–H and O–H groups in total. The number of ether oxygens (including phenoxy) is 1. The number of nitrogen functional groups attached to an aromatic ring is 1. The summed E-state index contributed by atoms with van der Waals surface area (Å²) in [5.41, 5.74) is 7.23. The summed E-state index contributed by atoms with van der Waals surface area (Å²) in [5.74, 6) is 1.31. The lowest BCUT2D eigenvalue weighted by Gasteiger charge is -2.38. The van der Waals surface area contributed by atoms with E-state index in [9.17, 15) is 4.79 Å². The van der Waals surface area contributed by atoms with Crippen LogP contribution in [0.3, 0.4) is 0 Å². The van der Waals surface area contributed by atoms with Gasteiger partial charge in [0, 0.05) is 22.4 Å². The normalized spacial score (nSPS) is 19.1. The van der Waals surface area contributed by atoms with Crippen LogP contribution in [0, 0.1) is 0 Å². The maximum atomic E-state index is 12.3. The SMILES string of the molecule is CC1(C)CC(NC(=O)CSC(C)(C)C)c2cc(N)ccc2O1.Cl. The number of nitrogens with one attached hydrogen (secondary N) is 1. The van der Waals surface area contributed by atoms with Gasteiger partial charge in [0.15, 0.2) is 0 Å². The summed E-state index contributed by atoms with van der Waals surface area (Å²) >= 11 is 1.65. The summed E-state index contributed by atoms with van der Waals surface area (Å²) in [6, 6.07) is 5.55. The van der Waals surface area contributed by atoms with Crippen molar-refractivity contribution >= 4 is 35.8 Å². The molecule has 0 saturated carbocycles. The molecular weight excluding hydrogens is 332 g/mol. The minimum atomic E-state index is -0.307. The minimum Gasteiger partial charge on any atom is -0.487 e. The van der Waals surface area contributed by atoms with Crippen LogP contribution in [-0.2, 0) is 4.79 Å². The van der Waals surface area contributed by atoms with Gasteiger partial charge in [-0.15, -0.1) is 24.2 Å². The Labute approximate surface area is 149 Å². The third kappa shape index (κ3) is 5.81. The second-order valence-electron chi connectivity index (χ2n) is 7.38. The Morgan fingerprint density at radius 1 is 1.43 bits per heavy atom. The number of hydrogen-bond donors (Lipinski definition) is 2. The Hall–Kier alpha value is -1.07. The third-order valence-electron chi connectivity index (χ3n) is 3.46. The highest BCUT2D eigenvalue weighted by atomic mass is 35.5. The molecule has 23 heavy (non-hydrogen) atoms. The zero-order valence-electron chi connectivity index (χ0n) is 14.4. The number of anilines is 1. The Kier molecular flexibility index (Phi) is 6.27. The summed E-state index contributed by atoms with van der Waals surface area (Å²) in [5, 5.41) is 3.14. The standard InChI is InChI=1S/C17H26N2O2S.ClH/c1-16(2,3)22-10-15(20)19-13-9-17(4,5)21-14-7-6-11(18)8-12(13)14;/h6-8,13H,9-10,18H2,1-5H3,(H,19,20);1H. The monoisotopic (exact) mass is 358 g/mol. The van der Waals surface area contributed by atoms with Gasteiger partial charge in [0.05, 0.1) is 11.8 Å². The molecule has 0 aliphatic carbocycles. The Morgan fingerprint density at radius 3 is 2.70 bits per heavy atom. The summed E-state index contributed by atoms with van der Waals surface area (Å²) < 4.78 is 6.07. The molecule has 1 unspecified atom stereocenters. The second-order valence-corrected chi connectivity index (χ2v) is 9.19. The number of amides is 1. The average Bonchev–Trinajstić information content (AvgIpc) is 2.35. The van der Waals surface area contributed by atoms with Gasteiger partial charge >= 0.3 is 0 Å². The lowest BCUT2D eigenvalue weighted by atomic mass is 9.89. The smallest absolute Gasteiger partial charge is 0.230 e. The van der Waals surface area contributed by atoms with Gasteiger partial charge in [-0.2, -0.15) is 0 Å². The molecule has 2 rings (SSSR count). The van der Waals surface area contributed by atoms with Crippen molar-refractivity contribution < 1.29 is 9.53 Å². The summed E-state index contributed by atoms with van der Waals surface area (Å²) in [4.78, 5) is 12.3. The molecule has 0 radical (unpaired) electrons. The van der Waals surface area contributed by atoms with E-state index in [1.54, 1.807) is 11.8 Å². The molecule has 130 valence electrons. The topological polar surface area (TPSA) is 64.4 Å². The largest absolute Gasteiger partial charge is 0.487 e. The number of carbonyl (C=O) groups is 1. The first-order chi connectivity index (χ1) is 10.1. The first-order valence-electron chi connectivity index (χ1n) is 7.57. The Balaban J connectivity index is 0.00000264. The molecule has 1 aromatic carbocycles. The van der Waals surface area contributed by atoms with Crippen molar-refractivity contribution in [2.75, 3.05) is 11.5 Å². The number of rotatable bonds is 3. The highest BCUT2D eigenvalue weighted by molar-refractivity contribution is 8.01. The van der Waals surface area contributed by atoms with Crippen LogP contribution in [-0.4, -0.2) is 22.0 Å². The average molecular weight is 359 g/mol. The van der Waals surface area contributed by atoms with Crippen LogP contribution >= 0.6 is 24.2 Å². The molecule has 1 amide bonds. The van der Waals surface area contributed by atoms with Crippen LogP contribution in [0.2, 0.25) is 0 Å². The van der Waals surface area contributed by atoms with Crippen molar-refractivity contribution in [1.82, 2.24) is 5.32 Å². The van der Waals surface area contributed by atoms with E-state index in [1.807, 2.05) is 32.0 Å². The molecule has 0 fully saturated rings. The van der Waals surface area contributed by atoms with Gasteiger partial charge in [-0.1, -0.05) is 20.8 Å². The van der Waals surface area contributed by atoms with Gasteiger partial charge in [0.25, 0.3) is 0 Å². The van der Waals surface area contributed by atoms with Gasteiger partial charge < -0.3 is 15.8 Å². The predicted octanol–water partition coefficient (Wildman–Crippen LogP) is 3.94. The van der Waals surface area contributed by atoms with E-state index in [2.05, 4.69) is 26.1 Å². The van der Waals surface area contributed by atoms with Crippen molar-refractivity contribution in [3.05, 3.63) is 23.8 Å². The van der Waals surface area contributed by atoms with Crippen LogP contribution in [0.25, 0.3) is 0 Å². The first-order valence-corrected chi connectivity index (χ1v) is 8.56. The van der Waals surface area contributed by atoms with Crippen molar-refractivity contribution in [3.8, 4) is 5.75 Å². The molecule has 1 aliphatic rings. The van der Waals surface area contributed by atoms with Crippen molar-refractivity contribution in [3.63, 3.8) is 0 Å². The molecule has 6 heteroatoms. The number of nitrogens with two attached hydrogens (primary N) is 1. The zero-order chi connectivity index (χ0) is 16.5. The number of carbonyl (C=O) groups excluding carboxylic acids is 1. The lowest BCUT2D eigenvalue weighted by Crippen LogP contribution is -2.42. The van der Waals surface area contributed by atoms with Gasteiger partial charge in [-0.05, 0) is 32.0 Å². The van der Waals surface area contributed by atoms with E-state index >= 15 is 0 Å². The van der Waals surface area contributed by atoms with Crippen LogP contribution in [0.4, 0.5) is 5.69 Å². The second kappa shape index (κ2) is 7.22. The maximum Gasteiger partial charge on any atom is 0.230 e. The van der Waals surface area contributed by atoms with Crippen molar-refractivity contribution in [2.45, 2.75) is 57.4 Å². The van der Waals surface area contributed by atoms with Crippen LogP contribution < -0.4 is 15.8 Å². The van der Waals surface area contributed by atoms with Crippen LogP contribution in [0.5, 0.6) is 5.75 Å². The molecular formula is C17H27ClN2O2S. The van der Waals surface area contributed by atoms with Gasteiger partial charge in [0.1, 0.15) is 11.4 Å². The lowest BCUT2D eigenvalue weighted by molar-refractivity contribution is -0.119. The quantitative estimate of drug-likeness (QED) is 0.803. The van der Waals surface area contributed by atoms with Crippen molar-refractivity contribution in [1.29, 1.82) is 0 Å².